The highest BCUT2D eigenvalue weighted by molar-refractivity contribution is 6.39. The van der Waals surface area contributed by atoms with Crippen molar-refractivity contribution in [2.24, 2.45) is 0 Å². The van der Waals surface area contributed by atoms with Crippen molar-refractivity contribution >= 4 is 28.3 Å². The summed E-state index contributed by atoms with van der Waals surface area (Å²) in [7, 11) is 1.49. The first-order chi connectivity index (χ1) is 13.6. The molecular weight excluding hydrogens is 356 g/mol. The minimum atomic E-state index is -0.788. The van der Waals surface area contributed by atoms with Gasteiger partial charge in [0.25, 0.3) is 0 Å². The summed E-state index contributed by atoms with van der Waals surface area (Å²) >= 11 is 0. The summed E-state index contributed by atoms with van der Waals surface area (Å²) in [4.78, 5) is 24.1. The second-order valence-corrected chi connectivity index (χ2v) is 6.28. The van der Waals surface area contributed by atoms with Gasteiger partial charge in [-0.2, -0.15) is 0 Å². The number of methoxy groups -OCH3 is 1. The Morgan fingerprint density at radius 1 is 0.964 bits per heavy atom. The lowest BCUT2D eigenvalue weighted by atomic mass is 9.99. The van der Waals surface area contributed by atoms with E-state index in [1.54, 1.807) is 24.3 Å². The Morgan fingerprint density at radius 2 is 1.68 bits per heavy atom. The first kappa shape index (κ1) is 19.4. The molecule has 1 atom stereocenters. The fourth-order valence-corrected chi connectivity index (χ4v) is 3.03. The van der Waals surface area contributed by atoms with Crippen molar-refractivity contribution in [3.8, 4) is 5.75 Å². The summed E-state index contributed by atoms with van der Waals surface area (Å²) in [6.45, 7) is 0.169. The molecule has 3 rings (SSSR count). The molecule has 0 bridgehead atoms. The van der Waals surface area contributed by atoms with Crippen LogP contribution in [0, 0.1) is 0 Å². The first-order valence-electron chi connectivity index (χ1n) is 8.98. The van der Waals surface area contributed by atoms with Crippen LogP contribution in [0.5, 0.6) is 5.75 Å². The van der Waals surface area contributed by atoms with Gasteiger partial charge in [-0.3, -0.25) is 9.59 Å². The van der Waals surface area contributed by atoms with Crippen LogP contribution < -0.4 is 15.4 Å². The number of benzene rings is 3. The van der Waals surface area contributed by atoms with E-state index in [-0.39, 0.29) is 6.54 Å². The molecule has 6 nitrogen and oxygen atoms in total. The van der Waals surface area contributed by atoms with Gasteiger partial charge in [-0.15, -0.1) is 0 Å². The van der Waals surface area contributed by atoms with E-state index in [9.17, 15) is 14.7 Å². The van der Waals surface area contributed by atoms with Crippen molar-refractivity contribution < 1.29 is 19.4 Å². The van der Waals surface area contributed by atoms with Crippen LogP contribution in [0.1, 0.15) is 18.1 Å². The average molecular weight is 378 g/mol. The lowest BCUT2D eigenvalue weighted by Crippen LogP contribution is -2.36. The number of ether oxygens (including phenoxy) is 1. The van der Waals surface area contributed by atoms with E-state index in [2.05, 4.69) is 10.6 Å². The van der Waals surface area contributed by atoms with Crippen LogP contribution in [0.15, 0.2) is 66.7 Å². The Bertz CT molecular complexity index is 982. The number of nitrogens with one attached hydrogen (secondary N) is 2. The topological polar surface area (TPSA) is 87.7 Å². The molecule has 2 amide bonds. The smallest absolute Gasteiger partial charge is 0.313 e. The van der Waals surface area contributed by atoms with Gasteiger partial charge in [0.1, 0.15) is 5.75 Å². The highest BCUT2D eigenvalue weighted by Gasteiger charge is 2.16. The largest absolute Gasteiger partial charge is 0.495 e. The van der Waals surface area contributed by atoms with E-state index >= 15 is 0 Å². The molecule has 0 fully saturated rings. The summed E-state index contributed by atoms with van der Waals surface area (Å²) in [5, 5.41) is 17.6. The number of anilines is 1. The predicted molar refractivity (Wildman–Crippen MR) is 108 cm³/mol. The molecule has 1 unspecified atom stereocenters. The van der Waals surface area contributed by atoms with Gasteiger partial charge in [-0.05, 0) is 34.9 Å². The SMILES string of the molecule is COc1ccccc1NC(=O)C(=O)NCCC(O)c1cccc2ccccc12. The zero-order chi connectivity index (χ0) is 19.9. The Hall–Kier alpha value is -3.38. The number of aliphatic hydroxyl groups is 1. The van der Waals surface area contributed by atoms with Gasteiger partial charge in [0.05, 0.1) is 18.9 Å². The molecule has 0 heterocycles. The van der Waals surface area contributed by atoms with Crippen molar-refractivity contribution in [3.05, 3.63) is 72.3 Å². The van der Waals surface area contributed by atoms with E-state index in [1.165, 1.54) is 7.11 Å². The molecule has 0 aliphatic heterocycles. The summed E-state index contributed by atoms with van der Waals surface area (Å²) in [6, 6.07) is 20.4. The molecule has 0 aromatic heterocycles. The van der Waals surface area contributed by atoms with Crippen LogP contribution >= 0.6 is 0 Å². The number of hydrogen-bond donors (Lipinski definition) is 3. The normalized spacial score (nSPS) is 11.6. The Balaban J connectivity index is 1.55. The molecule has 0 aliphatic rings. The van der Waals surface area contributed by atoms with E-state index in [1.807, 2.05) is 42.5 Å². The van der Waals surface area contributed by atoms with Crippen LogP contribution in [-0.4, -0.2) is 30.6 Å². The van der Waals surface area contributed by atoms with E-state index in [0.717, 1.165) is 16.3 Å². The number of para-hydroxylation sites is 2. The average Bonchev–Trinajstić information content (AvgIpc) is 2.73. The fourth-order valence-electron chi connectivity index (χ4n) is 3.03. The van der Waals surface area contributed by atoms with E-state index in [0.29, 0.717) is 17.9 Å². The fraction of sp³-hybridized carbons (Fsp3) is 0.182. The Labute approximate surface area is 163 Å². The van der Waals surface area contributed by atoms with Gasteiger partial charge in [-0.1, -0.05) is 54.6 Å². The minimum Gasteiger partial charge on any atom is -0.495 e. The molecule has 3 aromatic carbocycles. The minimum absolute atomic E-state index is 0.169. The maximum Gasteiger partial charge on any atom is 0.313 e. The molecule has 0 saturated heterocycles. The van der Waals surface area contributed by atoms with Gasteiger partial charge in [0.2, 0.25) is 0 Å². The standard InChI is InChI=1S/C22H22N2O4/c1-28-20-12-5-4-11-18(20)24-22(27)21(26)23-14-13-19(25)17-10-6-8-15-7-2-3-9-16(15)17/h2-12,19,25H,13-14H2,1H3,(H,23,26)(H,24,27). The van der Waals surface area contributed by atoms with Crippen LogP contribution in [0.3, 0.4) is 0 Å². The maximum atomic E-state index is 12.1. The molecule has 3 N–H and O–H groups in total. The van der Waals surface area contributed by atoms with Gasteiger partial charge < -0.3 is 20.5 Å². The molecule has 28 heavy (non-hydrogen) atoms. The third kappa shape index (κ3) is 4.47. The predicted octanol–water partition coefficient (Wildman–Crippen LogP) is 3.03. The monoisotopic (exact) mass is 378 g/mol. The molecule has 0 saturated carbocycles. The van der Waals surface area contributed by atoms with Crippen LogP contribution in [0.25, 0.3) is 10.8 Å². The van der Waals surface area contributed by atoms with Crippen molar-refractivity contribution in [3.63, 3.8) is 0 Å². The molecule has 144 valence electrons. The second kappa shape index (κ2) is 9.01. The molecule has 0 aliphatic carbocycles. The number of rotatable bonds is 6. The number of carbonyl (C=O) groups excluding carboxylic acids is 2. The molecule has 3 aromatic rings. The van der Waals surface area contributed by atoms with E-state index < -0.39 is 17.9 Å². The van der Waals surface area contributed by atoms with Crippen molar-refractivity contribution in [1.82, 2.24) is 5.32 Å². The molecule has 6 heteroatoms. The first-order valence-corrected chi connectivity index (χ1v) is 8.98. The molecular formula is C22H22N2O4. The quantitative estimate of drug-likeness (QED) is 0.576. The van der Waals surface area contributed by atoms with E-state index in [4.69, 9.17) is 4.74 Å². The highest BCUT2D eigenvalue weighted by atomic mass is 16.5. The summed E-state index contributed by atoms with van der Waals surface area (Å²) in [5.41, 5.74) is 1.21. The highest BCUT2D eigenvalue weighted by Crippen LogP contribution is 2.26. The zero-order valence-corrected chi connectivity index (χ0v) is 15.5. The van der Waals surface area contributed by atoms with Crippen molar-refractivity contribution in [2.45, 2.75) is 12.5 Å². The van der Waals surface area contributed by atoms with Crippen LogP contribution in [0.2, 0.25) is 0 Å². The third-order valence-electron chi connectivity index (χ3n) is 4.45. The summed E-state index contributed by atoms with van der Waals surface area (Å²) in [6.07, 6.45) is -0.453. The second-order valence-electron chi connectivity index (χ2n) is 6.28. The summed E-state index contributed by atoms with van der Waals surface area (Å²) < 4.78 is 5.14. The van der Waals surface area contributed by atoms with Crippen LogP contribution in [-0.2, 0) is 9.59 Å². The Kier molecular flexibility index (Phi) is 6.24. The number of aliphatic hydroxyl groups excluding tert-OH is 1. The van der Waals surface area contributed by atoms with Crippen molar-refractivity contribution in [2.75, 3.05) is 19.0 Å². The third-order valence-corrected chi connectivity index (χ3v) is 4.45. The number of hydrogen-bond acceptors (Lipinski definition) is 4. The lowest BCUT2D eigenvalue weighted by molar-refractivity contribution is -0.136. The summed E-state index contributed by atoms with van der Waals surface area (Å²) in [5.74, 6) is -1.09. The van der Waals surface area contributed by atoms with Gasteiger partial charge in [0, 0.05) is 6.54 Å². The lowest BCUT2D eigenvalue weighted by Gasteiger charge is -2.14. The van der Waals surface area contributed by atoms with Crippen LogP contribution in [0.4, 0.5) is 5.69 Å². The molecule has 0 radical (unpaired) electrons. The maximum absolute atomic E-state index is 12.1. The number of amides is 2. The number of fused-ring (bicyclic) bond motifs is 1. The Morgan fingerprint density at radius 3 is 2.50 bits per heavy atom. The van der Waals surface area contributed by atoms with Gasteiger partial charge >= 0.3 is 11.8 Å². The number of carbonyl (C=O) groups is 2. The van der Waals surface area contributed by atoms with Gasteiger partial charge in [-0.25, -0.2) is 0 Å². The van der Waals surface area contributed by atoms with Crippen molar-refractivity contribution in [1.29, 1.82) is 0 Å². The zero-order valence-electron chi connectivity index (χ0n) is 15.5. The molecule has 0 spiro atoms. The van der Waals surface area contributed by atoms with Gasteiger partial charge in [0.15, 0.2) is 0 Å².